The van der Waals surface area contributed by atoms with Crippen LogP contribution in [0.1, 0.15) is 15.9 Å². The number of carbonyl (C=O) groups excluding carboxylic acids is 1. The molecule has 0 aliphatic carbocycles. The molecule has 0 saturated carbocycles. The van der Waals surface area contributed by atoms with Gasteiger partial charge in [-0.1, -0.05) is 0 Å². The maximum Gasteiger partial charge on any atom is 0.416 e. The minimum Gasteiger partial charge on any atom is -0.497 e. The fourth-order valence-corrected chi connectivity index (χ4v) is 1.93. The van der Waals surface area contributed by atoms with E-state index in [1.807, 2.05) is 0 Å². The van der Waals surface area contributed by atoms with Crippen LogP contribution in [0.5, 0.6) is 11.5 Å². The molecule has 0 bridgehead atoms. The van der Waals surface area contributed by atoms with Crippen molar-refractivity contribution in [1.29, 1.82) is 0 Å². The number of alkyl halides is 3. The van der Waals surface area contributed by atoms with E-state index in [4.69, 9.17) is 9.47 Å². The first-order valence-corrected chi connectivity index (χ1v) is 6.56. The first-order valence-electron chi connectivity index (χ1n) is 6.56. The van der Waals surface area contributed by atoms with Crippen LogP contribution in [0, 0.1) is 0 Å². The van der Waals surface area contributed by atoms with E-state index in [1.165, 1.54) is 32.4 Å². The Labute approximate surface area is 130 Å². The van der Waals surface area contributed by atoms with Crippen LogP contribution >= 0.6 is 0 Å². The zero-order chi connectivity index (χ0) is 17.0. The van der Waals surface area contributed by atoms with E-state index in [0.29, 0.717) is 11.5 Å². The molecule has 23 heavy (non-hydrogen) atoms. The molecule has 0 spiro atoms. The van der Waals surface area contributed by atoms with Crippen molar-refractivity contribution >= 4 is 11.6 Å². The van der Waals surface area contributed by atoms with Crippen molar-refractivity contribution in [3.63, 3.8) is 0 Å². The Bertz CT molecular complexity index is 697. The van der Waals surface area contributed by atoms with E-state index in [-0.39, 0.29) is 11.3 Å². The fourth-order valence-electron chi connectivity index (χ4n) is 1.93. The molecule has 4 nitrogen and oxygen atoms in total. The quantitative estimate of drug-likeness (QED) is 0.925. The molecular formula is C16H14F3NO3. The summed E-state index contributed by atoms with van der Waals surface area (Å²) in [5.74, 6) is 0.325. The second-order valence-corrected chi connectivity index (χ2v) is 4.60. The number of amides is 1. The number of rotatable bonds is 4. The molecular weight excluding hydrogens is 311 g/mol. The maximum atomic E-state index is 12.5. The van der Waals surface area contributed by atoms with E-state index < -0.39 is 17.6 Å². The van der Waals surface area contributed by atoms with Crippen molar-refractivity contribution in [2.75, 3.05) is 19.5 Å². The summed E-state index contributed by atoms with van der Waals surface area (Å²) in [7, 11) is 2.89. The molecule has 2 aromatic rings. The van der Waals surface area contributed by atoms with E-state index in [1.54, 1.807) is 12.1 Å². The highest BCUT2D eigenvalue weighted by Gasteiger charge is 2.30. The van der Waals surface area contributed by atoms with Crippen LogP contribution in [-0.2, 0) is 6.18 Å². The number of nitrogens with one attached hydrogen (secondary N) is 1. The summed E-state index contributed by atoms with van der Waals surface area (Å²) in [6, 6.07) is 8.83. The summed E-state index contributed by atoms with van der Waals surface area (Å²) >= 11 is 0. The lowest BCUT2D eigenvalue weighted by Gasteiger charge is -2.11. The number of hydrogen-bond acceptors (Lipinski definition) is 3. The van der Waals surface area contributed by atoms with E-state index in [0.717, 1.165) is 12.1 Å². The lowest BCUT2D eigenvalue weighted by atomic mass is 10.1. The van der Waals surface area contributed by atoms with Crippen LogP contribution in [0.25, 0.3) is 0 Å². The third-order valence-electron chi connectivity index (χ3n) is 3.12. The van der Waals surface area contributed by atoms with Gasteiger partial charge in [-0.05, 0) is 36.4 Å². The highest BCUT2D eigenvalue weighted by molar-refractivity contribution is 6.06. The molecule has 0 aromatic heterocycles. The predicted octanol–water partition coefficient (Wildman–Crippen LogP) is 3.97. The Hall–Kier alpha value is -2.70. The fraction of sp³-hybridized carbons (Fsp3) is 0.188. The van der Waals surface area contributed by atoms with Gasteiger partial charge in [-0.15, -0.1) is 0 Å². The third-order valence-corrected chi connectivity index (χ3v) is 3.12. The molecule has 2 aromatic carbocycles. The Kier molecular flexibility index (Phi) is 4.78. The zero-order valence-electron chi connectivity index (χ0n) is 12.4. The van der Waals surface area contributed by atoms with Gasteiger partial charge < -0.3 is 14.8 Å². The van der Waals surface area contributed by atoms with Crippen LogP contribution in [0.4, 0.5) is 18.9 Å². The van der Waals surface area contributed by atoms with Crippen molar-refractivity contribution in [3.8, 4) is 11.5 Å². The minimum atomic E-state index is -4.41. The standard InChI is InChI=1S/C16H14F3NO3/c1-22-12-7-8-13(14(9-12)23-2)15(21)20-11-5-3-10(4-6-11)16(17,18)19/h3-9H,1-2H3,(H,20,21). The second kappa shape index (κ2) is 6.60. The van der Waals surface area contributed by atoms with Gasteiger partial charge in [0.15, 0.2) is 0 Å². The molecule has 0 heterocycles. The predicted molar refractivity (Wildman–Crippen MR) is 78.9 cm³/mol. The summed E-state index contributed by atoms with van der Waals surface area (Å²) in [5.41, 5.74) is -0.286. The highest BCUT2D eigenvalue weighted by Crippen LogP contribution is 2.30. The number of ether oxygens (including phenoxy) is 2. The number of hydrogen-bond donors (Lipinski definition) is 1. The molecule has 0 unspecified atom stereocenters. The van der Waals surface area contributed by atoms with Crippen molar-refractivity contribution in [2.24, 2.45) is 0 Å². The molecule has 0 atom stereocenters. The Balaban J connectivity index is 2.19. The summed E-state index contributed by atoms with van der Waals surface area (Å²) in [4.78, 5) is 12.2. The second-order valence-electron chi connectivity index (χ2n) is 4.60. The monoisotopic (exact) mass is 325 g/mol. The molecule has 2 rings (SSSR count). The maximum absolute atomic E-state index is 12.5. The van der Waals surface area contributed by atoms with Gasteiger partial charge in [-0.25, -0.2) is 0 Å². The topological polar surface area (TPSA) is 47.6 Å². The van der Waals surface area contributed by atoms with E-state index in [9.17, 15) is 18.0 Å². The zero-order valence-corrected chi connectivity index (χ0v) is 12.4. The number of methoxy groups -OCH3 is 2. The Morgan fingerprint density at radius 1 is 1.00 bits per heavy atom. The van der Waals surface area contributed by atoms with Crippen LogP contribution in [0.15, 0.2) is 42.5 Å². The minimum absolute atomic E-state index is 0.244. The third kappa shape index (κ3) is 3.94. The molecule has 1 N–H and O–H groups in total. The Morgan fingerprint density at radius 3 is 2.17 bits per heavy atom. The molecule has 7 heteroatoms. The summed E-state index contributed by atoms with van der Waals surface area (Å²) in [6.07, 6.45) is -4.41. The van der Waals surface area contributed by atoms with Gasteiger partial charge in [0.1, 0.15) is 11.5 Å². The first kappa shape index (κ1) is 16.7. The normalized spacial score (nSPS) is 11.0. The molecule has 0 aliphatic rings. The van der Waals surface area contributed by atoms with Crippen molar-refractivity contribution in [3.05, 3.63) is 53.6 Å². The van der Waals surface area contributed by atoms with Crippen LogP contribution in [0.2, 0.25) is 0 Å². The SMILES string of the molecule is COc1ccc(C(=O)Nc2ccc(C(F)(F)F)cc2)c(OC)c1. The number of halogens is 3. The molecule has 0 fully saturated rings. The van der Waals surface area contributed by atoms with Crippen LogP contribution < -0.4 is 14.8 Å². The van der Waals surface area contributed by atoms with Gasteiger partial charge in [-0.3, -0.25) is 4.79 Å². The highest BCUT2D eigenvalue weighted by atomic mass is 19.4. The summed E-state index contributed by atoms with van der Waals surface area (Å²) < 4.78 is 47.7. The summed E-state index contributed by atoms with van der Waals surface area (Å²) in [6.45, 7) is 0. The molecule has 0 aliphatic heterocycles. The van der Waals surface area contributed by atoms with Crippen LogP contribution in [0.3, 0.4) is 0 Å². The molecule has 0 radical (unpaired) electrons. The van der Waals surface area contributed by atoms with Crippen molar-refractivity contribution in [1.82, 2.24) is 0 Å². The van der Waals surface area contributed by atoms with E-state index in [2.05, 4.69) is 5.32 Å². The van der Waals surface area contributed by atoms with Crippen molar-refractivity contribution < 1.29 is 27.4 Å². The average Bonchev–Trinajstić information content (AvgIpc) is 2.53. The lowest BCUT2D eigenvalue weighted by molar-refractivity contribution is -0.137. The van der Waals surface area contributed by atoms with Gasteiger partial charge in [0.25, 0.3) is 5.91 Å². The average molecular weight is 325 g/mol. The number of carbonyl (C=O) groups is 1. The number of anilines is 1. The van der Waals surface area contributed by atoms with Crippen LogP contribution in [-0.4, -0.2) is 20.1 Å². The smallest absolute Gasteiger partial charge is 0.416 e. The summed E-state index contributed by atoms with van der Waals surface area (Å²) in [5, 5.41) is 2.52. The van der Waals surface area contributed by atoms with Crippen molar-refractivity contribution in [2.45, 2.75) is 6.18 Å². The Morgan fingerprint density at radius 2 is 1.65 bits per heavy atom. The molecule has 0 saturated heterocycles. The van der Waals surface area contributed by atoms with Gasteiger partial charge >= 0.3 is 6.18 Å². The van der Waals surface area contributed by atoms with Gasteiger partial charge in [0, 0.05) is 11.8 Å². The van der Waals surface area contributed by atoms with Gasteiger partial charge in [-0.2, -0.15) is 13.2 Å². The van der Waals surface area contributed by atoms with Gasteiger partial charge in [0.2, 0.25) is 0 Å². The van der Waals surface area contributed by atoms with E-state index >= 15 is 0 Å². The first-order chi connectivity index (χ1) is 10.8. The number of benzene rings is 2. The largest absolute Gasteiger partial charge is 0.497 e. The lowest BCUT2D eigenvalue weighted by Crippen LogP contribution is -2.13. The van der Waals surface area contributed by atoms with Gasteiger partial charge in [0.05, 0.1) is 25.3 Å². The molecule has 1 amide bonds. The molecule has 122 valence electrons.